The van der Waals surface area contributed by atoms with Crippen molar-refractivity contribution in [1.29, 1.82) is 0 Å². The van der Waals surface area contributed by atoms with Crippen molar-refractivity contribution >= 4 is 11.4 Å². The highest BCUT2D eigenvalue weighted by Crippen LogP contribution is 2.35. The fourth-order valence-corrected chi connectivity index (χ4v) is 3.68. The van der Waals surface area contributed by atoms with Gasteiger partial charge in [-0.15, -0.1) is 0 Å². The van der Waals surface area contributed by atoms with Crippen molar-refractivity contribution in [2.45, 2.75) is 19.3 Å². The molecular formula is C21H28N2O2. The highest BCUT2D eigenvalue weighted by Gasteiger charge is 2.19. The van der Waals surface area contributed by atoms with Crippen molar-refractivity contribution in [2.24, 2.45) is 0 Å². The molecule has 4 heteroatoms. The molecule has 3 rings (SSSR count). The highest BCUT2D eigenvalue weighted by molar-refractivity contribution is 5.71. The summed E-state index contributed by atoms with van der Waals surface area (Å²) >= 11 is 0. The van der Waals surface area contributed by atoms with Crippen LogP contribution in [0.15, 0.2) is 48.5 Å². The molecule has 0 spiro atoms. The third kappa shape index (κ3) is 4.40. The van der Waals surface area contributed by atoms with Gasteiger partial charge >= 0.3 is 0 Å². The van der Waals surface area contributed by atoms with E-state index in [-0.39, 0.29) is 13.2 Å². The number of benzene rings is 2. The van der Waals surface area contributed by atoms with E-state index in [0.29, 0.717) is 13.1 Å². The molecule has 0 atom stereocenters. The van der Waals surface area contributed by atoms with Gasteiger partial charge in [-0.3, -0.25) is 4.90 Å². The number of aliphatic hydroxyl groups excluding tert-OH is 2. The number of anilines is 2. The van der Waals surface area contributed by atoms with Gasteiger partial charge in [0, 0.05) is 37.6 Å². The summed E-state index contributed by atoms with van der Waals surface area (Å²) in [6, 6.07) is 17.4. The number of para-hydroxylation sites is 2. The van der Waals surface area contributed by atoms with E-state index < -0.39 is 0 Å². The molecule has 1 heterocycles. The Morgan fingerprint density at radius 1 is 0.760 bits per heavy atom. The fourth-order valence-electron chi connectivity index (χ4n) is 3.68. The van der Waals surface area contributed by atoms with E-state index >= 15 is 0 Å². The van der Waals surface area contributed by atoms with Crippen LogP contribution in [0.4, 0.5) is 11.4 Å². The molecule has 0 saturated heterocycles. The molecular weight excluding hydrogens is 312 g/mol. The lowest BCUT2D eigenvalue weighted by Crippen LogP contribution is -2.33. The van der Waals surface area contributed by atoms with Crippen LogP contribution in [0.3, 0.4) is 0 Å². The second-order valence-electron chi connectivity index (χ2n) is 6.55. The average Bonchev–Trinajstić information content (AvgIpc) is 2.80. The molecule has 0 bridgehead atoms. The summed E-state index contributed by atoms with van der Waals surface area (Å²) in [6.45, 7) is 3.32. The summed E-state index contributed by atoms with van der Waals surface area (Å²) in [5, 5.41) is 18.4. The zero-order chi connectivity index (χ0) is 17.5. The molecule has 0 saturated carbocycles. The van der Waals surface area contributed by atoms with E-state index in [1.165, 1.54) is 22.5 Å². The maximum absolute atomic E-state index is 9.18. The molecule has 2 N–H and O–H groups in total. The minimum atomic E-state index is 0.134. The van der Waals surface area contributed by atoms with Gasteiger partial charge in [-0.1, -0.05) is 36.4 Å². The minimum absolute atomic E-state index is 0.134. The van der Waals surface area contributed by atoms with Crippen LogP contribution in [0, 0.1) is 0 Å². The first-order valence-electron chi connectivity index (χ1n) is 9.21. The quantitative estimate of drug-likeness (QED) is 0.775. The van der Waals surface area contributed by atoms with Crippen LogP contribution in [0.5, 0.6) is 0 Å². The van der Waals surface area contributed by atoms with Crippen LogP contribution >= 0.6 is 0 Å². The second-order valence-corrected chi connectivity index (χ2v) is 6.55. The number of nitrogens with zero attached hydrogens (tertiary/aromatic N) is 2. The Morgan fingerprint density at radius 3 is 1.80 bits per heavy atom. The van der Waals surface area contributed by atoms with E-state index in [2.05, 4.69) is 58.3 Å². The molecule has 0 unspecified atom stereocenters. The maximum atomic E-state index is 9.18. The lowest BCUT2D eigenvalue weighted by atomic mass is 10.0. The van der Waals surface area contributed by atoms with Crippen LogP contribution in [0.1, 0.15) is 17.5 Å². The smallest absolute Gasteiger partial charge is 0.0558 e. The van der Waals surface area contributed by atoms with Crippen molar-refractivity contribution < 1.29 is 10.2 Å². The van der Waals surface area contributed by atoms with Crippen molar-refractivity contribution in [3.63, 3.8) is 0 Å². The number of rotatable bonds is 8. The summed E-state index contributed by atoms with van der Waals surface area (Å²) in [4.78, 5) is 4.56. The van der Waals surface area contributed by atoms with Crippen LogP contribution in [-0.4, -0.2) is 54.5 Å². The summed E-state index contributed by atoms with van der Waals surface area (Å²) in [5.74, 6) is 0. The lowest BCUT2D eigenvalue weighted by Gasteiger charge is -2.28. The van der Waals surface area contributed by atoms with E-state index in [1.807, 2.05) is 0 Å². The fraction of sp³-hybridized carbons (Fsp3) is 0.429. The number of fused-ring (bicyclic) bond motifs is 2. The van der Waals surface area contributed by atoms with Gasteiger partial charge in [-0.05, 0) is 42.5 Å². The molecule has 2 aromatic rings. The predicted octanol–water partition coefficient (Wildman–Crippen LogP) is 2.60. The van der Waals surface area contributed by atoms with Gasteiger partial charge in [0.05, 0.1) is 13.2 Å². The maximum Gasteiger partial charge on any atom is 0.0558 e. The van der Waals surface area contributed by atoms with Crippen LogP contribution < -0.4 is 4.90 Å². The molecule has 134 valence electrons. The van der Waals surface area contributed by atoms with E-state index in [1.54, 1.807) is 0 Å². The molecule has 4 nitrogen and oxygen atoms in total. The zero-order valence-corrected chi connectivity index (χ0v) is 14.8. The number of hydrogen-bond donors (Lipinski definition) is 2. The summed E-state index contributed by atoms with van der Waals surface area (Å²) < 4.78 is 0. The molecule has 0 aromatic heterocycles. The van der Waals surface area contributed by atoms with Gasteiger partial charge in [-0.25, -0.2) is 0 Å². The Bertz CT molecular complexity index is 621. The molecule has 2 aromatic carbocycles. The summed E-state index contributed by atoms with van der Waals surface area (Å²) in [7, 11) is 0. The summed E-state index contributed by atoms with van der Waals surface area (Å²) in [5.41, 5.74) is 5.43. The first-order chi connectivity index (χ1) is 12.3. The third-order valence-corrected chi connectivity index (χ3v) is 4.92. The standard InChI is InChI=1S/C21H28N2O2/c24-16-14-22(15-17-25)12-5-13-23-20-8-3-1-6-18(20)10-11-19-7-2-4-9-21(19)23/h1-4,6-9,24-25H,5,10-17H2. The topological polar surface area (TPSA) is 46.9 Å². The predicted molar refractivity (Wildman–Crippen MR) is 103 cm³/mol. The van der Waals surface area contributed by atoms with Crippen LogP contribution in [0.2, 0.25) is 0 Å². The van der Waals surface area contributed by atoms with Gasteiger partial charge < -0.3 is 15.1 Å². The van der Waals surface area contributed by atoms with Crippen LogP contribution in [-0.2, 0) is 12.8 Å². The average molecular weight is 340 g/mol. The van der Waals surface area contributed by atoms with Crippen LogP contribution in [0.25, 0.3) is 0 Å². The Morgan fingerprint density at radius 2 is 1.28 bits per heavy atom. The van der Waals surface area contributed by atoms with Gasteiger partial charge in [0.25, 0.3) is 0 Å². The first-order valence-corrected chi connectivity index (χ1v) is 9.21. The van der Waals surface area contributed by atoms with Gasteiger partial charge in [-0.2, -0.15) is 0 Å². The van der Waals surface area contributed by atoms with Gasteiger partial charge in [0.15, 0.2) is 0 Å². The Hall–Kier alpha value is -1.88. The second kappa shape index (κ2) is 8.99. The normalized spacial score (nSPS) is 13.5. The molecule has 0 radical (unpaired) electrons. The van der Waals surface area contributed by atoms with E-state index in [0.717, 1.165) is 32.4 Å². The minimum Gasteiger partial charge on any atom is -0.395 e. The molecule has 0 fully saturated rings. The van der Waals surface area contributed by atoms with E-state index in [9.17, 15) is 10.2 Å². The molecule has 0 aliphatic carbocycles. The highest BCUT2D eigenvalue weighted by atomic mass is 16.3. The zero-order valence-electron chi connectivity index (χ0n) is 14.8. The molecule has 0 amide bonds. The molecule has 25 heavy (non-hydrogen) atoms. The Kier molecular flexibility index (Phi) is 6.45. The van der Waals surface area contributed by atoms with Crippen molar-refractivity contribution in [2.75, 3.05) is 44.3 Å². The van der Waals surface area contributed by atoms with Crippen molar-refractivity contribution in [3.8, 4) is 0 Å². The first kappa shape index (κ1) is 17.9. The number of aryl methyl sites for hydroxylation is 2. The van der Waals surface area contributed by atoms with Crippen molar-refractivity contribution in [3.05, 3.63) is 59.7 Å². The molecule has 1 aliphatic rings. The SMILES string of the molecule is OCCN(CCO)CCCN1c2ccccc2CCc2ccccc21. The largest absolute Gasteiger partial charge is 0.395 e. The number of aliphatic hydroxyl groups is 2. The summed E-state index contributed by atoms with van der Waals surface area (Å²) in [6.07, 6.45) is 3.14. The van der Waals surface area contributed by atoms with Crippen molar-refractivity contribution in [1.82, 2.24) is 4.90 Å². The molecule has 1 aliphatic heterocycles. The lowest BCUT2D eigenvalue weighted by molar-refractivity contribution is 0.160. The number of hydrogen-bond acceptors (Lipinski definition) is 4. The monoisotopic (exact) mass is 340 g/mol. The van der Waals surface area contributed by atoms with Gasteiger partial charge in [0.1, 0.15) is 0 Å². The Labute approximate surface area is 150 Å². The third-order valence-electron chi connectivity index (χ3n) is 4.92. The van der Waals surface area contributed by atoms with Gasteiger partial charge in [0.2, 0.25) is 0 Å². The Balaban J connectivity index is 1.77. The van der Waals surface area contributed by atoms with E-state index in [4.69, 9.17) is 0 Å².